The van der Waals surface area contributed by atoms with E-state index in [4.69, 9.17) is 11.6 Å². The van der Waals surface area contributed by atoms with Gasteiger partial charge in [0, 0.05) is 16.4 Å². The maximum atomic E-state index is 11.2. The molecule has 20 heavy (non-hydrogen) atoms. The summed E-state index contributed by atoms with van der Waals surface area (Å²) in [5.41, 5.74) is 2.44. The van der Waals surface area contributed by atoms with Gasteiger partial charge in [-0.25, -0.2) is 0 Å². The number of hydrogen-bond acceptors (Lipinski definition) is 2. The zero-order valence-electron chi connectivity index (χ0n) is 11.1. The van der Waals surface area contributed by atoms with Gasteiger partial charge in [0.25, 0.3) is 0 Å². The van der Waals surface area contributed by atoms with Crippen LogP contribution < -0.4 is 0 Å². The molecule has 1 aromatic heterocycles. The number of amides is 1. The van der Waals surface area contributed by atoms with Crippen LogP contribution in [0.2, 0.25) is 5.02 Å². The van der Waals surface area contributed by atoms with Crippen LogP contribution in [0, 0.1) is 0 Å². The Morgan fingerprint density at radius 3 is 2.80 bits per heavy atom. The SMILES string of the molecule is O=CN1CCCCC1c1csc(-c2ccc(Cl)cc2)c1. The van der Waals surface area contributed by atoms with Crippen molar-refractivity contribution in [2.75, 3.05) is 6.54 Å². The van der Waals surface area contributed by atoms with E-state index in [-0.39, 0.29) is 6.04 Å². The number of piperidine rings is 1. The highest BCUT2D eigenvalue weighted by Crippen LogP contribution is 2.36. The maximum Gasteiger partial charge on any atom is 0.210 e. The van der Waals surface area contributed by atoms with Gasteiger partial charge in [0.1, 0.15) is 0 Å². The van der Waals surface area contributed by atoms with E-state index in [0.717, 1.165) is 30.8 Å². The van der Waals surface area contributed by atoms with Crippen LogP contribution in [0.1, 0.15) is 30.9 Å². The number of hydrogen-bond donors (Lipinski definition) is 0. The number of benzene rings is 1. The first-order valence-electron chi connectivity index (χ1n) is 6.83. The number of halogens is 1. The Hall–Kier alpha value is -1.32. The van der Waals surface area contributed by atoms with Crippen molar-refractivity contribution >= 4 is 29.3 Å². The van der Waals surface area contributed by atoms with Crippen LogP contribution in [0.4, 0.5) is 0 Å². The number of thiophene rings is 1. The molecule has 2 nitrogen and oxygen atoms in total. The molecule has 104 valence electrons. The van der Waals surface area contributed by atoms with E-state index in [1.165, 1.54) is 22.4 Å². The number of nitrogens with zero attached hydrogens (tertiary/aromatic N) is 1. The van der Waals surface area contributed by atoms with E-state index in [0.29, 0.717) is 0 Å². The zero-order chi connectivity index (χ0) is 13.9. The van der Waals surface area contributed by atoms with Crippen LogP contribution in [0.5, 0.6) is 0 Å². The van der Waals surface area contributed by atoms with Crippen molar-refractivity contribution in [2.24, 2.45) is 0 Å². The Kier molecular flexibility index (Phi) is 4.08. The second-order valence-electron chi connectivity index (χ2n) is 5.11. The van der Waals surface area contributed by atoms with Gasteiger partial charge in [-0.1, -0.05) is 23.7 Å². The first kappa shape index (κ1) is 13.7. The van der Waals surface area contributed by atoms with E-state index in [9.17, 15) is 4.79 Å². The lowest BCUT2D eigenvalue weighted by Gasteiger charge is -2.32. The van der Waals surface area contributed by atoms with Gasteiger partial charge in [-0.3, -0.25) is 4.79 Å². The molecule has 2 aromatic rings. The summed E-state index contributed by atoms with van der Waals surface area (Å²) in [6.45, 7) is 0.875. The highest BCUT2D eigenvalue weighted by Gasteiger charge is 2.23. The lowest BCUT2D eigenvalue weighted by Crippen LogP contribution is -2.31. The van der Waals surface area contributed by atoms with Crippen molar-refractivity contribution in [3.05, 3.63) is 46.3 Å². The highest BCUT2D eigenvalue weighted by atomic mass is 35.5. The molecule has 0 radical (unpaired) electrons. The van der Waals surface area contributed by atoms with Gasteiger partial charge in [0.15, 0.2) is 0 Å². The first-order chi connectivity index (χ1) is 9.78. The van der Waals surface area contributed by atoms with Crippen LogP contribution >= 0.6 is 22.9 Å². The maximum absolute atomic E-state index is 11.2. The molecular formula is C16H16ClNOS. The van der Waals surface area contributed by atoms with Crippen molar-refractivity contribution in [3.63, 3.8) is 0 Å². The molecule has 0 spiro atoms. The summed E-state index contributed by atoms with van der Waals surface area (Å²) in [7, 11) is 0. The molecule has 4 heteroatoms. The van der Waals surface area contributed by atoms with Crippen LogP contribution in [-0.4, -0.2) is 17.9 Å². The summed E-state index contributed by atoms with van der Waals surface area (Å²) in [5, 5.41) is 2.93. The number of carbonyl (C=O) groups is 1. The summed E-state index contributed by atoms with van der Waals surface area (Å²) in [4.78, 5) is 14.3. The fourth-order valence-corrected chi connectivity index (χ4v) is 3.82. The third-order valence-electron chi connectivity index (χ3n) is 3.81. The summed E-state index contributed by atoms with van der Waals surface area (Å²) < 4.78 is 0. The fraction of sp³-hybridized carbons (Fsp3) is 0.312. The van der Waals surface area contributed by atoms with Crippen molar-refractivity contribution in [2.45, 2.75) is 25.3 Å². The number of likely N-dealkylation sites (tertiary alicyclic amines) is 1. The molecule has 1 aromatic carbocycles. The topological polar surface area (TPSA) is 20.3 Å². The van der Waals surface area contributed by atoms with Gasteiger partial charge >= 0.3 is 0 Å². The third kappa shape index (κ3) is 2.74. The molecule has 1 fully saturated rings. The minimum absolute atomic E-state index is 0.249. The quantitative estimate of drug-likeness (QED) is 0.749. The van der Waals surface area contributed by atoms with E-state index in [1.54, 1.807) is 11.3 Å². The molecule has 1 aliphatic heterocycles. The number of rotatable bonds is 3. The molecule has 0 bridgehead atoms. The lowest BCUT2D eigenvalue weighted by atomic mass is 9.97. The van der Waals surface area contributed by atoms with Gasteiger partial charge in [-0.05, 0) is 54.0 Å². The summed E-state index contributed by atoms with van der Waals surface area (Å²) in [6.07, 6.45) is 4.36. The summed E-state index contributed by atoms with van der Waals surface area (Å²) in [6, 6.07) is 10.4. The van der Waals surface area contributed by atoms with Crippen molar-refractivity contribution in [1.29, 1.82) is 0 Å². The van der Waals surface area contributed by atoms with E-state index < -0.39 is 0 Å². The fourth-order valence-electron chi connectivity index (χ4n) is 2.73. The molecule has 1 aliphatic rings. The predicted octanol–water partition coefficient (Wildman–Crippen LogP) is 4.75. The number of carbonyl (C=O) groups excluding carboxylic acids is 1. The monoisotopic (exact) mass is 305 g/mol. The second-order valence-corrected chi connectivity index (χ2v) is 6.45. The van der Waals surface area contributed by atoms with Gasteiger partial charge in [0.05, 0.1) is 6.04 Å². The molecule has 3 rings (SSSR count). The Labute approximate surface area is 128 Å². The Balaban J connectivity index is 1.85. The normalized spacial score (nSPS) is 19.1. The standard InChI is InChI=1S/C16H16ClNOS/c17-14-6-4-12(5-7-14)16-9-13(10-20-16)15-3-1-2-8-18(15)11-19/h4-7,9-11,15H,1-3,8H2. The van der Waals surface area contributed by atoms with E-state index in [2.05, 4.69) is 11.4 Å². The zero-order valence-corrected chi connectivity index (χ0v) is 12.7. The Morgan fingerprint density at radius 2 is 2.05 bits per heavy atom. The molecule has 0 N–H and O–H groups in total. The van der Waals surface area contributed by atoms with Gasteiger partial charge in [-0.15, -0.1) is 11.3 Å². The van der Waals surface area contributed by atoms with Gasteiger partial charge in [0.2, 0.25) is 6.41 Å². The van der Waals surface area contributed by atoms with Crippen LogP contribution in [0.25, 0.3) is 10.4 Å². The Morgan fingerprint density at radius 1 is 1.25 bits per heavy atom. The average molecular weight is 306 g/mol. The van der Waals surface area contributed by atoms with Crippen LogP contribution in [-0.2, 0) is 4.79 Å². The van der Waals surface area contributed by atoms with Gasteiger partial charge < -0.3 is 4.90 Å². The molecule has 0 saturated carbocycles. The van der Waals surface area contributed by atoms with E-state index in [1.807, 2.05) is 29.2 Å². The third-order valence-corrected chi connectivity index (χ3v) is 5.06. The van der Waals surface area contributed by atoms with Crippen molar-refractivity contribution < 1.29 is 4.79 Å². The molecule has 1 saturated heterocycles. The van der Waals surface area contributed by atoms with Crippen LogP contribution in [0.3, 0.4) is 0 Å². The minimum atomic E-state index is 0.249. The minimum Gasteiger partial charge on any atom is -0.338 e. The first-order valence-corrected chi connectivity index (χ1v) is 8.09. The largest absolute Gasteiger partial charge is 0.338 e. The molecular weight excluding hydrogens is 290 g/mol. The molecule has 1 unspecified atom stereocenters. The van der Waals surface area contributed by atoms with E-state index >= 15 is 0 Å². The molecule has 1 atom stereocenters. The summed E-state index contributed by atoms with van der Waals surface area (Å²) in [5.74, 6) is 0. The van der Waals surface area contributed by atoms with Gasteiger partial charge in [-0.2, -0.15) is 0 Å². The molecule has 1 amide bonds. The average Bonchev–Trinajstić information content (AvgIpc) is 2.97. The van der Waals surface area contributed by atoms with Crippen molar-refractivity contribution in [3.8, 4) is 10.4 Å². The molecule has 0 aliphatic carbocycles. The summed E-state index contributed by atoms with van der Waals surface area (Å²) >= 11 is 7.65. The van der Waals surface area contributed by atoms with Crippen molar-refractivity contribution in [1.82, 2.24) is 4.90 Å². The highest BCUT2D eigenvalue weighted by molar-refractivity contribution is 7.13. The predicted molar refractivity (Wildman–Crippen MR) is 84.1 cm³/mol. The second kappa shape index (κ2) is 5.98. The lowest BCUT2D eigenvalue weighted by molar-refractivity contribution is -0.121. The molecule has 2 heterocycles. The van der Waals surface area contributed by atoms with Crippen LogP contribution in [0.15, 0.2) is 35.7 Å². The smallest absolute Gasteiger partial charge is 0.210 e. The Bertz CT molecular complexity index is 593.